The molecule has 1 rings (SSSR count). The molecule has 0 radical (unpaired) electrons. The molecule has 0 aromatic carbocycles. The van der Waals surface area contributed by atoms with E-state index in [-0.39, 0.29) is 0 Å². The van der Waals surface area contributed by atoms with Crippen LogP contribution in [0.25, 0.3) is 0 Å². The molecule has 0 heterocycles. The van der Waals surface area contributed by atoms with Crippen molar-refractivity contribution in [3.8, 4) is 0 Å². The summed E-state index contributed by atoms with van der Waals surface area (Å²) in [6.45, 7) is 14.7. The third-order valence-corrected chi connectivity index (χ3v) is 5.45. The number of allylic oxidation sites excluding steroid dienone is 2. The zero-order valence-electron chi connectivity index (χ0n) is 12.7. The van der Waals surface area contributed by atoms with Gasteiger partial charge in [0.2, 0.25) is 0 Å². The molecular formula is C15H30Si2. The molecule has 0 N–H and O–H groups in total. The lowest BCUT2D eigenvalue weighted by Gasteiger charge is -2.19. The van der Waals surface area contributed by atoms with Crippen molar-refractivity contribution in [1.29, 1.82) is 0 Å². The van der Waals surface area contributed by atoms with E-state index in [0.717, 1.165) is 0 Å². The SMILES string of the molecule is C[Si](C)(C)/C=C1\CCCCC\C1=C/[Si](C)(C)C. The lowest BCUT2D eigenvalue weighted by Crippen LogP contribution is -2.20. The summed E-state index contributed by atoms with van der Waals surface area (Å²) < 4.78 is 0. The van der Waals surface area contributed by atoms with Crippen molar-refractivity contribution in [3.63, 3.8) is 0 Å². The maximum atomic E-state index is 2.66. The van der Waals surface area contributed by atoms with Gasteiger partial charge in [-0.05, 0) is 25.7 Å². The fraction of sp³-hybridized carbons (Fsp3) is 0.733. The van der Waals surface area contributed by atoms with Gasteiger partial charge in [0.25, 0.3) is 0 Å². The summed E-state index contributed by atoms with van der Waals surface area (Å²) in [5.74, 6) is 0. The second kappa shape index (κ2) is 5.70. The molecule has 0 atom stereocenters. The van der Waals surface area contributed by atoms with Crippen molar-refractivity contribution < 1.29 is 0 Å². The van der Waals surface area contributed by atoms with E-state index in [1.807, 2.05) is 0 Å². The quantitative estimate of drug-likeness (QED) is 0.453. The van der Waals surface area contributed by atoms with Gasteiger partial charge in [0.1, 0.15) is 0 Å². The predicted molar refractivity (Wildman–Crippen MR) is 85.9 cm³/mol. The highest BCUT2D eigenvalue weighted by Gasteiger charge is 2.18. The zero-order valence-corrected chi connectivity index (χ0v) is 14.7. The smallest absolute Gasteiger partial charge is 0.0690 e. The standard InChI is InChI=1S/C15H30Si2/c1-16(2,3)12-14-10-8-7-9-11-15(14)13-17(4,5)6/h12-13H,7-11H2,1-6H3/b14-12+,15-13+. The Morgan fingerprint density at radius 1 is 0.647 bits per heavy atom. The largest absolute Gasteiger partial charge is 0.0916 e. The minimum absolute atomic E-state index is 1.07. The summed E-state index contributed by atoms with van der Waals surface area (Å²) in [5, 5.41) is 0. The normalized spacial score (nSPS) is 24.1. The van der Waals surface area contributed by atoms with Crippen molar-refractivity contribution in [2.45, 2.75) is 71.4 Å². The minimum atomic E-state index is -1.07. The molecule has 0 saturated heterocycles. The molecule has 98 valence electrons. The Kier molecular flexibility index (Phi) is 5.02. The second-order valence-electron chi connectivity index (χ2n) is 7.63. The number of rotatable bonds is 2. The molecule has 17 heavy (non-hydrogen) atoms. The van der Waals surface area contributed by atoms with Crippen molar-refractivity contribution >= 4 is 16.1 Å². The van der Waals surface area contributed by atoms with Gasteiger partial charge in [-0.1, -0.05) is 68.2 Å². The van der Waals surface area contributed by atoms with Crippen molar-refractivity contribution in [2.75, 3.05) is 0 Å². The zero-order chi connectivity index (χ0) is 13.1. The Labute approximate surface area is 110 Å². The highest BCUT2D eigenvalue weighted by Crippen LogP contribution is 2.30. The molecular weight excluding hydrogens is 236 g/mol. The molecule has 1 aliphatic carbocycles. The summed E-state index contributed by atoms with van der Waals surface area (Å²) >= 11 is 0. The van der Waals surface area contributed by atoms with Crippen LogP contribution in [0.3, 0.4) is 0 Å². The van der Waals surface area contributed by atoms with Crippen LogP contribution in [0.1, 0.15) is 32.1 Å². The summed E-state index contributed by atoms with van der Waals surface area (Å²) in [5.41, 5.74) is 8.74. The molecule has 0 aromatic rings. The lowest BCUT2D eigenvalue weighted by atomic mass is 10.1. The maximum absolute atomic E-state index is 2.66. The van der Waals surface area contributed by atoms with Gasteiger partial charge in [-0.2, -0.15) is 0 Å². The van der Waals surface area contributed by atoms with Crippen molar-refractivity contribution in [2.24, 2.45) is 0 Å². The van der Waals surface area contributed by atoms with Crippen LogP contribution in [0.4, 0.5) is 0 Å². The first-order chi connectivity index (χ1) is 7.67. The minimum Gasteiger partial charge on any atom is -0.0916 e. The molecule has 1 saturated carbocycles. The molecule has 0 aliphatic heterocycles. The van der Waals surface area contributed by atoms with Gasteiger partial charge in [-0.25, -0.2) is 0 Å². The van der Waals surface area contributed by atoms with Crippen LogP contribution < -0.4 is 0 Å². The van der Waals surface area contributed by atoms with E-state index < -0.39 is 16.1 Å². The molecule has 0 bridgehead atoms. The fourth-order valence-corrected chi connectivity index (χ4v) is 5.25. The van der Waals surface area contributed by atoms with Gasteiger partial charge in [0.15, 0.2) is 0 Å². The van der Waals surface area contributed by atoms with Gasteiger partial charge in [-0.15, -0.1) is 0 Å². The van der Waals surface area contributed by atoms with Crippen LogP contribution in [0, 0.1) is 0 Å². The van der Waals surface area contributed by atoms with E-state index >= 15 is 0 Å². The summed E-state index contributed by atoms with van der Waals surface area (Å²) in [6.07, 6.45) is 6.89. The molecule has 2 heteroatoms. The van der Waals surface area contributed by atoms with Gasteiger partial charge in [-0.3, -0.25) is 0 Å². The van der Waals surface area contributed by atoms with Crippen LogP contribution in [0.5, 0.6) is 0 Å². The molecule has 0 aromatic heterocycles. The van der Waals surface area contributed by atoms with E-state index in [1.54, 1.807) is 11.1 Å². The fourth-order valence-electron chi connectivity index (χ4n) is 2.50. The molecule has 0 unspecified atom stereocenters. The topological polar surface area (TPSA) is 0 Å². The third kappa shape index (κ3) is 6.42. The van der Waals surface area contributed by atoms with Crippen LogP contribution in [-0.4, -0.2) is 16.1 Å². The van der Waals surface area contributed by atoms with E-state index in [9.17, 15) is 0 Å². The molecule has 1 fully saturated rings. The maximum Gasteiger partial charge on any atom is 0.0690 e. The van der Waals surface area contributed by atoms with Crippen LogP contribution in [-0.2, 0) is 0 Å². The number of hydrogen-bond acceptors (Lipinski definition) is 0. The number of hydrogen-bond donors (Lipinski definition) is 0. The summed E-state index contributed by atoms with van der Waals surface area (Å²) in [4.78, 5) is 0. The molecule has 0 spiro atoms. The van der Waals surface area contributed by atoms with Gasteiger partial charge >= 0.3 is 0 Å². The Hall–Kier alpha value is -0.0862. The van der Waals surface area contributed by atoms with Crippen LogP contribution in [0.15, 0.2) is 22.5 Å². The molecule has 0 amide bonds. The second-order valence-corrected chi connectivity index (χ2v) is 17.7. The van der Waals surface area contributed by atoms with E-state index in [4.69, 9.17) is 0 Å². The predicted octanol–water partition coefficient (Wildman–Crippen LogP) is 5.56. The Morgan fingerprint density at radius 3 is 1.29 bits per heavy atom. The Balaban J connectivity index is 3.04. The Morgan fingerprint density at radius 2 is 1.00 bits per heavy atom. The lowest BCUT2D eigenvalue weighted by molar-refractivity contribution is 0.719. The van der Waals surface area contributed by atoms with Gasteiger partial charge in [0.05, 0.1) is 16.1 Å². The summed E-state index contributed by atoms with van der Waals surface area (Å²) in [6, 6.07) is 0. The average Bonchev–Trinajstić information content (AvgIpc) is 2.27. The summed E-state index contributed by atoms with van der Waals surface area (Å²) in [7, 11) is -2.14. The monoisotopic (exact) mass is 266 g/mol. The van der Waals surface area contributed by atoms with Crippen LogP contribution >= 0.6 is 0 Å². The van der Waals surface area contributed by atoms with E-state index in [2.05, 4.69) is 50.7 Å². The molecule has 0 nitrogen and oxygen atoms in total. The first-order valence-electron chi connectivity index (χ1n) is 7.11. The molecule has 1 aliphatic rings. The van der Waals surface area contributed by atoms with Crippen molar-refractivity contribution in [1.82, 2.24) is 0 Å². The Bertz CT molecular complexity index is 279. The average molecular weight is 267 g/mol. The first-order valence-corrected chi connectivity index (χ1v) is 14.3. The van der Waals surface area contributed by atoms with Gasteiger partial charge < -0.3 is 0 Å². The van der Waals surface area contributed by atoms with E-state index in [0.29, 0.717) is 0 Å². The highest BCUT2D eigenvalue weighted by atomic mass is 28.3. The third-order valence-electron chi connectivity index (χ3n) is 3.02. The van der Waals surface area contributed by atoms with E-state index in [1.165, 1.54) is 32.1 Å². The van der Waals surface area contributed by atoms with Gasteiger partial charge in [0, 0.05) is 0 Å². The first kappa shape index (κ1) is 15.0. The van der Waals surface area contributed by atoms with Crippen LogP contribution in [0.2, 0.25) is 39.3 Å². The highest BCUT2D eigenvalue weighted by molar-refractivity contribution is 6.81. The van der Waals surface area contributed by atoms with Crippen molar-refractivity contribution in [3.05, 3.63) is 22.5 Å².